The fraction of sp³-hybridized carbons (Fsp3) is 0.364. The summed E-state index contributed by atoms with van der Waals surface area (Å²) in [6.45, 7) is 5.26. The summed E-state index contributed by atoms with van der Waals surface area (Å²) in [5, 5.41) is 1.75. The van der Waals surface area contributed by atoms with E-state index in [1.54, 1.807) is 26.8 Å². The average molecular weight is 382 g/mol. The minimum Gasteiger partial charge on any atom is -0.452 e. The number of carbonyl (C=O) groups is 2. The van der Waals surface area contributed by atoms with E-state index in [9.17, 15) is 9.59 Å². The van der Waals surface area contributed by atoms with E-state index < -0.39 is 42.1 Å². The molecule has 2 aliphatic rings. The summed E-state index contributed by atoms with van der Waals surface area (Å²) in [7, 11) is 0. The van der Waals surface area contributed by atoms with Crippen molar-refractivity contribution >= 4 is 22.9 Å². The predicted molar refractivity (Wildman–Crippen MR) is 102 cm³/mol. The van der Waals surface area contributed by atoms with Crippen LogP contribution in [0.15, 0.2) is 54.6 Å². The molecule has 2 aromatic rings. The van der Waals surface area contributed by atoms with Crippen molar-refractivity contribution in [3.8, 4) is 0 Å². The Morgan fingerprint density at radius 1 is 0.893 bits per heavy atom. The number of hydrogen-bond acceptors (Lipinski definition) is 6. The molecule has 0 radical (unpaired) electrons. The number of carbonyl (C=O) groups excluding carboxylic acids is 2. The SMILES string of the molecule is CC(C)(C)OC(=O)OC1C2C=CC(O2)C1OC(=O)c1cccc2ccccc12. The first kappa shape index (κ1) is 18.5. The van der Waals surface area contributed by atoms with E-state index >= 15 is 0 Å². The fourth-order valence-corrected chi connectivity index (χ4v) is 3.48. The van der Waals surface area contributed by atoms with Crippen LogP contribution >= 0.6 is 0 Å². The second kappa shape index (κ2) is 6.95. The molecule has 28 heavy (non-hydrogen) atoms. The lowest BCUT2D eigenvalue weighted by atomic mass is 10.0. The van der Waals surface area contributed by atoms with E-state index in [4.69, 9.17) is 18.9 Å². The molecule has 4 atom stereocenters. The van der Waals surface area contributed by atoms with Gasteiger partial charge in [-0.15, -0.1) is 0 Å². The van der Waals surface area contributed by atoms with Gasteiger partial charge in [0.15, 0.2) is 12.2 Å². The third kappa shape index (κ3) is 3.60. The van der Waals surface area contributed by atoms with Gasteiger partial charge in [-0.3, -0.25) is 0 Å². The molecule has 2 aromatic carbocycles. The predicted octanol–water partition coefficient (Wildman–Crippen LogP) is 4.02. The molecule has 146 valence electrons. The Hall–Kier alpha value is -2.86. The molecule has 4 rings (SSSR count). The summed E-state index contributed by atoms with van der Waals surface area (Å²) < 4.78 is 22.1. The van der Waals surface area contributed by atoms with E-state index in [2.05, 4.69) is 0 Å². The van der Waals surface area contributed by atoms with Crippen LogP contribution in [0.4, 0.5) is 4.79 Å². The molecule has 1 saturated heterocycles. The summed E-state index contributed by atoms with van der Waals surface area (Å²) in [5.74, 6) is -0.482. The first-order valence-corrected chi connectivity index (χ1v) is 9.24. The van der Waals surface area contributed by atoms with Crippen LogP contribution in [0.2, 0.25) is 0 Å². The number of hydrogen-bond donors (Lipinski definition) is 0. The maximum atomic E-state index is 12.9. The molecule has 0 spiro atoms. The molecule has 6 nitrogen and oxygen atoms in total. The lowest BCUT2D eigenvalue weighted by molar-refractivity contribution is -0.0607. The number of benzene rings is 2. The zero-order valence-corrected chi connectivity index (χ0v) is 16.0. The Morgan fingerprint density at radius 2 is 1.54 bits per heavy atom. The largest absolute Gasteiger partial charge is 0.509 e. The number of esters is 1. The highest BCUT2D eigenvalue weighted by atomic mass is 16.8. The molecular weight excluding hydrogens is 360 g/mol. The molecule has 2 bridgehead atoms. The number of ether oxygens (including phenoxy) is 4. The molecule has 4 unspecified atom stereocenters. The monoisotopic (exact) mass is 382 g/mol. The Kier molecular flexibility index (Phi) is 4.59. The third-order valence-corrected chi connectivity index (χ3v) is 4.65. The minimum atomic E-state index is -0.812. The second-order valence-electron chi connectivity index (χ2n) is 7.89. The molecular formula is C22H22O6. The average Bonchev–Trinajstić information content (AvgIpc) is 3.22. The van der Waals surface area contributed by atoms with E-state index in [1.165, 1.54) is 0 Å². The summed E-state index contributed by atoms with van der Waals surface area (Å²) in [4.78, 5) is 25.0. The van der Waals surface area contributed by atoms with E-state index in [-0.39, 0.29) is 0 Å². The Labute approximate surface area is 163 Å². The molecule has 6 heteroatoms. The Bertz CT molecular complexity index is 936. The van der Waals surface area contributed by atoms with Gasteiger partial charge in [-0.05, 0) is 37.6 Å². The molecule has 0 aliphatic carbocycles. The van der Waals surface area contributed by atoms with Crippen molar-refractivity contribution in [1.82, 2.24) is 0 Å². The van der Waals surface area contributed by atoms with E-state index in [0.29, 0.717) is 5.56 Å². The minimum absolute atomic E-state index is 0.448. The van der Waals surface area contributed by atoms with Crippen molar-refractivity contribution < 1.29 is 28.5 Å². The van der Waals surface area contributed by atoms with Gasteiger partial charge in [-0.25, -0.2) is 9.59 Å². The number of rotatable bonds is 3. The highest BCUT2D eigenvalue weighted by Crippen LogP contribution is 2.35. The smallest absolute Gasteiger partial charge is 0.452 e. The first-order chi connectivity index (χ1) is 13.3. The van der Waals surface area contributed by atoms with E-state index in [1.807, 2.05) is 48.6 Å². The van der Waals surface area contributed by atoms with Gasteiger partial charge in [0.05, 0.1) is 5.56 Å². The van der Waals surface area contributed by atoms with Crippen LogP contribution in [-0.2, 0) is 18.9 Å². The quantitative estimate of drug-likeness (QED) is 0.590. The molecule has 0 aromatic heterocycles. The Morgan fingerprint density at radius 3 is 2.25 bits per heavy atom. The fourth-order valence-electron chi connectivity index (χ4n) is 3.48. The topological polar surface area (TPSA) is 71.1 Å². The summed E-state index contributed by atoms with van der Waals surface area (Å²) in [6.07, 6.45) is 0.438. The second-order valence-corrected chi connectivity index (χ2v) is 7.89. The van der Waals surface area contributed by atoms with Gasteiger partial charge in [0.1, 0.15) is 17.8 Å². The van der Waals surface area contributed by atoms with Gasteiger partial charge in [-0.2, -0.15) is 0 Å². The van der Waals surface area contributed by atoms with Crippen LogP contribution in [0.1, 0.15) is 31.1 Å². The first-order valence-electron chi connectivity index (χ1n) is 9.24. The van der Waals surface area contributed by atoms with Gasteiger partial charge in [0, 0.05) is 0 Å². The van der Waals surface area contributed by atoms with Crippen LogP contribution < -0.4 is 0 Å². The van der Waals surface area contributed by atoms with Gasteiger partial charge >= 0.3 is 12.1 Å². The van der Waals surface area contributed by atoms with Crippen LogP contribution in [0, 0.1) is 0 Å². The van der Waals surface area contributed by atoms with Crippen molar-refractivity contribution in [3.05, 3.63) is 60.2 Å². The molecule has 2 heterocycles. The standard InChI is InChI=1S/C22H22O6/c1-22(2,3)28-21(24)27-19-17-12-11-16(25-17)18(19)26-20(23)15-10-6-8-13-7-4-5-9-14(13)15/h4-12,16-19H,1-3H3. The summed E-state index contributed by atoms with van der Waals surface area (Å²) in [5.41, 5.74) is -0.221. The zero-order chi connectivity index (χ0) is 19.9. The lowest BCUT2D eigenvalue weighted by Crippen LogP contribution is -2.42. The van der Waals surface area contributed by atoms with Crippen molar-refractivity contribution in [2.75, 3.05) is 0 Å². The maximum absolute atomic E-state index is 12.9. The molecule has 0 saturated carbocycles. The highest BCUT2D eigenvalue weighted by Gasteiger charge is 2.51. The van der Waals surface area contributed by atoms with Crippen LogP contribution in [0.3, 0.4) is 0 Å². The summed E-state index contributed by atoms with van der Waals surface area (Å²) >= 11 is 0. The van der Waals surface area contributed by atoms with Crippen molar-refractivity contribution in [3.63, 3.8) is 0 Å². The molecule has 0 amide bonds. The van der Waals surface area contributed by atoms with Crippen molar-refractivity contribution in [2.45, 2.75) is 50.8 Å². The highest BCUT2D eigenvalue weighted by molar-refractivity contribution is 6.04. The van der Waals surface area contributed by atoms with Gasteiger partial charge in [0.2, 0.25) is 0 Å². The van der Waals surface area contributed by atoms with Crippen molar-refractivity contribution in [2.24, 2.45) is 0 Å². The van der Waals surface area contributed by atoms with Crippen LogP contribution in [0.5, 0.6) is 0 Å². The van der Waals surface area contributed by atoms with Crippen LogP contribution in [-0.4, -0.2) is 42.1 Å². The Balaban J connectivity index is 1.53. The number of fused-ring (bicyclic) bond motifs is 3. The molecule has 0 N–H and O–H groups in total. The van der Waals surface area contributed by atoms with Gasteiger partial charge < -0.3 is 18.9 Å². The zero-order valence-electron chi connectivity index (χ0n) is 16.0. The molecule has 1 fully saturated rings. The van der Waals surface area contributed by atoms with Gasteiger partial charge in [-0.1, -0.05) is 48.6 Å². The third-order valence-electron chi connectivity index (χ3n) is 4.65. The van der Waals surface area contributed by atoms with Gasteiger partial charge in [0.25, 0.3) is 0 Å². The summed E-state index contributed by atoms with van der Waals surface area (Å²) in [6, 6.07) is 13.1. The maximum Gasteiger partial charge on any atom is 0.509 e. The van der Waals surface area contributed by atoms with Crippen molar-refractivity contribution in [1.29, 1.82) is 0 Å². The lowest BCUT2D eigenvalue weighted by Gasteiger charge is -2.26. The molecule has 2 aliphatic heterocycles. The normalized spacial score (nSPS) is 25.7. The van der Waals surface area contributed by atoms with E-state index in [0.717, 1.165) is 10.8 Å². The van der Waals surface area contributed by atoms with Crippen LogP contribution in [0.25, 0.3) is 10.8 Å².